The molecule has 0 saturated carbocycles. The van der Waals surface area contributed by atoms with Gasteiger partial charge in [0.2, 0.25) is 0 Å². The average molecular weight is 355 g/mol. The van der Waals surface area contributed by atoms with Crippen LogP contribution in [-0.2, 0) is 21.2 Å². The highest BCUT2D eigenvalue weighted by atomic mass is 32.2. The Balaban J connectivity index is 2.07. The van der Waals surface area contributed by atoms with E-state index in [1.54, 1.807) is 55.5 Å². The lowest BCUT2D eigenvalue weighted by molar-refractivity contribution is 0.0301. The lowest BCUT2D eigenvalue weighted by Gasteiger charge is -2.21. The molecule has 1 aliphatic heterocycles. The van der Waals surface area contributed by atoms with Gasteiger partial charge in [-0.25, -0.2) is 17.2 Å². The number of cyclic esters (lactones) is 1. The second kappa shape index (κ2) is 5.46. The van der Waals surface area contributed by atoms with Crippen LogP contribution in [0.1, 0.15) is 28.5 Å². The third-order valence-electron chi connectivity index (χ3n) is 4.48. The molecular weight excluding hydrogens is 338 g/mol. The Labute approximate surface area is 145 Å². The first kappa shape index (κ1) is 15.9. The topological polar surface area (TPSA) is 65.4 Å². The van der Waals surface area contributed by atoms with Crippen LogP contribution in [0.4, 0.5) is 0 Å². The number of aryl methyl sites for hydroxylation is 1. The predicted octanol–water partition coefficient (Wildman–Crippen LogP) is 3.29. The van der Waals surface area contributed by atoms with Crippen molar-refractivity contribution in [1.29, 1.82) is 0 Å². The molecule has 6 heteroatoms. The van der Waals surface area contributed by atoms with Gasteiger partial charge >= 0.3 is 5.97 Å². The Bertz CT molecular complexity index is 1090. The molecule has 0 N–H and O–H groups in total. The van der Waals surface area contributed by atoms with Gasteiger partial charge in [-0.1, -0.05) is 35.9 Å². The quantitative estimate of drug-likeness (QED) is 0.662. The van der Waals surface area contributed by atoms with E-state index < -0.39 is 16.0 Å². The summed E-state index contributed by atoms with van der Waals surface area (Å²) in [6, 6.07) is 13.8. The van der Waals surface area contributed by atoms with Crippen LogP contribution in [0.3, 0.4) is 0 Å². The van der Waals surface area contributed by atoms with Crippen molar-refractivity contribution in [3.05, 3.63) is 65.4 Å². The lowest BCUT2D eigenvalue weighted by atomic mass is 10.0. The van der Waals surface area contributed by atoms with Crippen LogP contribution in [-0.4, -0.2) is 24.5 Å². The summed E-state index contributed by atoms with van der Waals surface area (Å²) in [6.07, 6.45) is -0.00261. The molecule has 0 amide bonds. The van der Waals surface area contributed by atoms with E-state index in [1.807, 2.05) is 6.92 Å². The fourth-order valence-electron chi connectivity index (χ4n) is 3.32. The number of carbonyl (C=O) groups excluding carboxylic acids is 1. The number of fused-ring (bicyclic) bond motifs is 3. The van der Waals surface area contributed by atoms with E-state index in [-0.39, 0.29) is 11.0 Å². The number of para-hydroxylation sites is 1. The van der Waals surface area contributed by atoms with E-state index in [0.717, 1.165) is 5.56 Å². The number of benzene rings is 2. The van der Waals surface area contributed by atoms with E-state index in [4.69, 9.17) is 4.74 Å². The number of carbonyl (C=O) groups is 1. The molecule has 4 rings (SSSR count). The van der Waals surface area contributed by atoms with Crippen LogP contribution in [0.2, 0.25) is 0 Å². The Hall–Kier alpha value is -2.60. The molecule has 1 unspecified atom stereocenters. The second-order valence-corrected chi connectivity index (χ2v) is 8.13. The molecule has 3 aromatic rings. The summed E-state index contributed by atoms with van der Waals surface area (Å²) in [5.41, 5.74) is 2.32. The van der Waals surface area contributed by atoms with Crippen LogP contribution in [0.15, 0.2) is 53.4 Å². The molecule has 0 saturated heterocycles. The van der Waals surface area contributed by atoms with E-state index in [2.05, 4.69) is 0 Å². The van der Waals surface area contributed by atoms with Crippen LogP contribution in [0.25, 0.3) is 10.9 Å². The average Bonchev–Trinajstić information content (AvgIpc) is 2.90. The van der Waals surface area contributed by atoms with E-state index in [0.29, 0.717) is 28.6 Å². The molecule has 5 nitrogen and oxygen atoms in total. The smallest absolute Gasteiger partial charge is 0.340 e. The highest BCUT2D eigenvalue weighted by Crippen LogP contribution is 2.34. The third kappa shape index (κ3) is 2.36. The molecule has 0 bridgehead atoms. The SMILES string of the molecule is Cc1ccc(S(=O)(=O)n2c3c(c4ccccc42)C(=O)OC(C)C3)cc1. The van der Waals surface area contributed by atoms with Crippen LogP contribution >= 0.6 is 0 Å². The lowest BCUT2D eigenvalue weighted by Crippen LogP contribution is -2.28. The summed E-state index contributed by atoms with van der Waals surface area (Å²) in [7, 11) is -3.82. The minimum Gasteiger partial charge on any atom is -0.459 e. The van der Waals surface area contributed by atoms with Crippen LogP contribution in [0.5, 0.6) is 0 Å². The largest absolute Gasteiger partial charge is 0.459 e. The molecule has 0 aliphatic carbocycles. The summed E-state index contributed by atoms with van der Waals surface area (Å²) in [4.78, 5) is 12.6. The van der Waals surface area contributed by atoms with Crippen molar-refractivity contribution < 1.29 is 17.9 Å². The molecule has 2 aromatic carbocycles. The molecular formula is C19H17NO4S. The van der Waals surface area contributed by atoms with Gasteiger partial charge in [0, 0.05) is 11.8 Å². The summed E-state index contributed by atoms with van der Waals surface area (Å²) in [6.45, 7) is 3.67. The number of rotatable bonds is 2. The first-order chi connectivity index (χ1) is 11.9. The molecule has 0 radical (unpaired) electrons. The fraction of sp³-hybridized carbons (Fsp3) is 0.211. The van der Waals surface area contributed by atoms with Crippen molar-refractivity contribution in [2.24, 2.45) is 0 Å². The van der Waals surface area contributed by atoms with Gasteiger partial charge in [-0.05, 0) is 32.0 Å². The van der Waals surface area contributed by atoms with Gasteiger partial charge in [-0.2, -0.15) is 0 Å². The fourth-order valence-corrected chi connectivity index (χ4v) is 4.89. The van der Waals surface area contributed by atoms with E-state index in [1.165, 1.54) is 3.97 Å². The van der Waals surface area contributed by atoms with Gasteiger partial charge in [0.1, 0.15) is 6.10 Å². The highest BCUT2D eigenvalue weighted by Gasteiger charge is 2.34. The van der Waals surface area contributed by atoms with Crippen LogP contribution < -0.4 is 0 Å². The monoisotopic (exact) mass is 355 g/mol. The van der Waals surface area contributed by atoms with E-state index >= 15 is 0 Å². The van der Waals surface area contributed by atoms with Gasteiger partial charge in [-0.3, -0.25) is 0 Å². The summed E-state index contributed by atoms with van der Waals surface area (Å²) >= 11 is 0. The number of esters is 1. The summed E-state index contributed by atoms with van der Waals surface area (Å²) < 4.78 is 33.3. The van der Waals surface area contributed by atoms with Crippen LogP contribution in [0, 0.1) is 6.92 Å². The molecule has 1 aromatic heterocycles. The third-order valence-corrected chi connectivity index (χ3v) is 6.24. The van der Waals surface area contributed by atoms with Gasteiger partial charge in [0.15, 0.2) is 0 Å². The molecule has 0 spiro atoms. The normalized spacial score (nSPS) is 17.4. The number of aromatic nitrogens is 1. The zero-order valence-corrected chi connectivity index (χ0v) is 14.7. The summed E-state index contributed by atoms with van der Waals surface area (Å²) in [5, 5.41) is 0.602. The van der Waals surface area contributed by atoms with Gasteiger partial charge in [0.05, 0.1) is 21.7 Å². The van der Waals surface area contributed by atoms with Gasteiger partial charge in [-0.15, -0.1) is 0 Å². The Morgan fingerprint density at radius 3 is 2.48 bits per heavy atom. The number of hydrogen-bond acceptors (Lipinski definition) is 4. The van der Waals surface area contributed by atoms with Crippen molar-refractivity contribution in [1.82, 2.24) is 3.97 Å². The standard InChI is InChI=1S/C19H17NO4S/c1-12-7-9-14(10-8-12)25(22,23)20-16-6-4-3-5-15(16)18-17(20)11-13(2)24-19(18)21/h3-10,13H,11H2,1-2H3. The zero-order valence-electron chi connectivity index (χ0n) is 13.9. The predicted molar refractivity (Wildman–Crippen MR) is 94.3 cm³/mol. The number of nitrogens with zero attached hydrogens (tertiary/aromatic N) is 1. The van der Waals surface area contributed by atoms with Crippen molar-refractivity contribution in [2.75, 3.05) is 0 Å². The van der Waals surface area contributed by atoms with Gasteiger partial charge in [0.25, 0.3) is 10.0 Å². The van der Waals surface area contributed by atoms with Crippen molar-refractivity contribution in [2.45, 2.75) is 31.3 Å². The highest BCUT2D eigenvalue weighted by molar-refractivity contribution is 7.90. The molecule has 1 atom stereocenters. The number of hydrogen-bond donors (Lipinski definition) is 0. The molecule has 1 aliphatic rings. The summed E-state index contributed by atoms with van der Waals surface area (Å²) in [5.74, 6) is -0.470. The second-order valence-electron chi connectivity index (χ2n) is 6.34. The maximum Gasteiger partial charge on any atom is 0.340 e. The Kier molecular flexibility index (Phi) is 3.47. The first-order valence-corrected chi connectivity index (χ1v) is 9.49. The maximum absolute atomic E-state index is 13.3. The van der Waals surface area contributed by atoms with Gasteiger partial charge < -0.3 is 4.74 Å². The molecule has 128 valence electrons. The van der Waals surface area contributed by atoms with Crippen molar-refractivity contribution in [3.8, 4) is 0 Å². The zero-order chi connectivity index (χ0) is 17.8. The maximum atomic E-state index is 13.3. The molecule has 25 heavy (non-hydrogen) atoms. The minimum absolute atomic E-state index is 0.202. The minimum atomic E-state index is -3.82. The first-order valence-electron chi connectivity index (χ1n) is 8.05. The van der Waals surface area contributed by atoms with Crippen molar-refractivity contribution in [3.63, 3.8) is 0 Å². The van der Waals surface area contributed by atoms with Crippen molar-refractivity contribution >= 4 is 26.9 Å². The Morgan fingerprint density at radius 2 is 1.76 bits per heavy atom. The number of ether oxygens (including phenoxy) is 1. The molecule has 2 heterocycles. The van der Waals surface area contributed by atoms with E-state index in [9.17, 15) is 13.2 Å². The Morgan fingerprint density at radius 1 is 1.08 bits per heavy atom. The molecule has 0 fully saturated rings.